The number of halogens is 3. The number of hydroxylamine groups is 1. The summed E-state index contributed by atoms with van der Waals surface area (Å²) in [5.74, 6) is -0.685. The number of carbonyl (C=O) groups excluding carboxylic acids is 1. The van der Waals surface area contributed by atoms with E-state index in [0.717, 1.165) is 0 Å². The van der Waals surface area contributed by atoms with Crippen molar-refractivity contribution in [3.63, 3.8) is 0 Å². The molecule has 0 atom stereocenters. The molecule has 1 N–H and O–H groups in total. The Morgan fingerprint density at radius 1 is 1.00 bits per heavy atom. The molecule has 6 heteroatoms. The van der Waals surface area contributed by atoms with Crippen molar-refractivity contribution in [2.45, 2.75) is 0 Å². The molecule has 2 rings (SSSR count). The number of carbonyl (C=O) groups is 1. The summed E-state index contributed by atoms with van der Waals surface area (Å²) in [7, 11) is 0. The summed E-state index contributed by atoms with van der Waals surface area (Å²) in [4.78, 5) is 12.1. The van der Waals surface area contributed by atoms with E-state index in [-0.39, 0.29) is 21.3 Å². The fourth-order valence-electron chi connectivity index (χ4n) is 1.51. The van der Waals surface area contributed by atoms with Crippen LogP contribution in [0.15, 0.2) is 42.5 Å². The van der Waals surface area contributed by atoms with E-state index < -0.39 is 5.91 Å². The third-order valence-electron chi connectivity index (χ3n) is 2.43. The van der Waals surface area contributed by atoms with E-state index in [1.165, 1.54) is 24.3 Å². The van der Waals surface area contributed by atoms with Gasteiger partial charge < -0.3 is 0 Å². The minimum atomic E-state index is -0.685. The SMILES string of the molecule is O=C(c1ccc(Cl)cc1Cl)N(O)c1ccccc1Cl. The molecule has 0 aliphatic carbocycles. The molecule has 0 unspecified atom stereocenters. The Morgan fingerprint density at radius 3 is 2.32 bits per heavy atom. The zero-order chi connectivity index (χ0) is 14.0. The maximum Gasteiger partial charge on any atom is 0.283 e. The molecule has 0 fully saturated rings. The van der Waals surface area contributed by atoms with Gasteiger partial charge in [-0.3, -0.25) is 10.0 Å². The lowest BCUT2D eigenvalue weighted by Gasteiger charge is -2.16. The van der Waals surface area contributed by atoms with Crippen LogP contribution in [0.1, 0.15) is 10.4 Å². The van der Waals surface area contributed by atoms with Crippen LogP contribution in [0.5, 0.6) is 0 Å². The van der Waals surface area contributed by atoms with Gasteiger partial charge in [0.25, 0.3) is 5.91 Å². The quantitative estimate of drug-likeness (QED) is 0.645. The molecule has 0 spiro atoms. The Morgan fingerprint density at radius 2 is 1.68 bits per heavy atom. The molecule has 0 aromatic heterocycles. The number of benzene rings is 2. The zero-order valence-corrected chi connectivity index (χ0v) is 11.7. The van der Waals surface area contributed by atoms with Crippen LogP contribution in [0.2, 0.25) is 15.1 Å². The monoisotopic (exact) mass is 315 g/mol. The van der Waals surface area contributed by atoms with Gasteiger partial charge in [-0.25, -0.2) is 0 Å². The minimum absolute atomic E-state index is 0.133. The van der Waals surface area contributed by atoms with Crippen LogP contribution in [-0.4, -0.2) is 11.1 Å². The first kappa shape index (κ1) is 14.2. The standard InChI is InChI=1S/C13H8Cl3NO2/c14-8-5-6-9(11(16)7-8)13(18)17(19)12-4-2-1-3-10(12)15/h1-7,19H. The number of rotatable bonds is 2. The van der Waals surface area contributed by atoms with Gasteiger partial charge in [0.05, 0.1) is 21.3 Å². The molecule has 0 radical (unpaired) electrons. The fraction of sp³-hybridized carbons (Fsp3) is 0. The first-order valence-corrected chi connectivity index (χ1v) is 6.37. The summed E-state index contributed by atoms with van der Waals surface area (Å²) in [6, 6.07) is 10.8. The molecule has 2 aromatic carbocycles. The summed E-state index contributed by atoms with van der Waals surface area (Å²) >= 11 is 17.6. The number of anilines is 1. The van der Waals surface area contributed by atoms with Crippen molar-refractivity contribution >= 4 is 46.4 Å². The lowest BCUT2D eigenvalue weighted by atomic mass is 10.2. The molecular weight excluding hydrogens is 309 g/mol. The average Bonchev–Trinajstić information content (AvgIpc) is 2.38. The molecule has 0 saturated carbocycles. The van der Waals surface area contributed by atoms with E-state index in [9.17, 15) is 10.0 Å². The molecule has 0 heterocycles. The molecule has 0 saturated heterocycles. The molecule has 2 aromatic rings. The van der Waals surface area contributed by atoms with Crippen molar-refractivity contribution in [2.24, 2.45) is 0 Å². The van der Waals surface area contributed by atoms with E-state index >= 15 is 0 Å². The normalized spacial score (nSPS) is 10.3. The Bertz CT molecular complexity index is 631. The third-order valence-corrected chi connectivity index (χ3v) is 3.30. The van der Waals surface area contributed by atoms with Crippen LogP contribution >= 0.6 is 34.8 Å². The van der Waals surface area contributed by atoms with Gasteiger partial charge in [-0.1, -0.05) is 46.9 Å². The Hall–Kier alpha value is -1.26. The van der Waals surface area contributed by atoms with Crippen LogP contribution in [0, 0.1) is 0 Å². The van der Waals surface area contributed by atoms with Gasteiger partial charge in [-0.15, -0.1) is 0 Å². The summed E-state index contributed by atoms with van der Waals surface area (Å²) in [6.45, 7) is 0. The van der Waals surface area contributed by atoms with E-state index in [0.29, 0.717) is 10.1 Å². The Balaban J connectivity index is 2.37. The largest absolute Gasteiger partial charge is 0.283 e. The van der Waals surface area contributed by atoms with Gasteiger partial charge >= 0.3 is 0 Å². The minimum Gasteiger partial charge on any atom is -0.281 e. The van der Waals surface area contributed by atoms with E-state index in [2.05, 4.69) is 0 Å². The van der Waals surface area contributed by atoms with E-state index in [1.807, 2.05) is 0 Å². The highest BCUT2D eigenvalue weighted by Gasteiger charge is 2.20. The number of hydrogen-bond donors (Lipinski definition) is 1. The van der Waals surface area contributed by atoms with Crippen LogP contribution in [0.4, 0.5) is 5.69 Å². The molecule has 19 heavy (non-hydrogen) atoms. The second kappa shape index (κ2) is 5.80. The van der Waals surface area contributed by atoms with Gasteiger partial charge in [-0.05, 0) is 30.3 Å². The lowest BCUT2D eigenvalue weighted by Crippen LogP contribution is -2.27. The van der Waals surface area contributed by atoms with Crippen molar-refractivity contribution in [2.75, 3.05) is 5.06 Å². The van der Waals surface area contributed by atoms with E-state index in [1.54, 1.807) is 18.2 Å². The van der Waals surface area contributed by atoms with Crippen molar-refractivity contribution in [1.82, 2.24) is 0 Å². The smallest absolute Gasteiger partial charge is 0.281 e. The summed E-state index contributed by atoms with van der Waals surface area (Å²) < 4.78 is 0. The van der Waals surface area contributed by atoms with Crippen LogP contribution < -0.4 is 5.06 Å². The van der Waals surface area contributed by atoms with Gasteiger partial charge in [0, 0.05) is 5.02 Å². The summed E-state index contributed by atoms with van der Waals surface area (Å²) in [5.41, 5.74) is 0.314. The second-order valence-electron chi connectivity index (χ2n) is 3.69. The first-order chi connectivity index (χ1) is 9.00. The van der Waals surface area contributed by atoms with Crippen molar-refractivity contribution in [1.29, 1.82) is 0 Å². The van der Waals surface area contributed by atoms with Gasteiger partial charge in [0.15, 0.2) is 0 Å². The lowest BCUT2D eigenvalue weighted by molar-refractivity contribution is 0.0855. The molecule has 0 aliphatic heterocycles. The Labute approximate surface area is 124 Å². The van der Waals surface area contributed by atoms with Gasteiger partial charge in [0.1, 0.15) is 0 Å². The molecule has 98 valence electrons. The first-order valence-electron chi connectivity index (χ1n) is 5.23. The summed E-state index contributed by atoms with van der Waals surface area (Å²) in [6.07, 6.45) is 0. The summed E-state index contributed by atoms with van der Waals surface area (Å²) in [5, 5.41) is 11.2. The highest BCUT2D eigenvalue weighted by atomic mass is 35.5. The van der Waals surface area contributed by atoms with Crippen molar-refractivity contribution < 1.29 is 10.0 Å². The van der Waals surface area contributed by atoms with Crippen LogP contribution in [-0.2, 0) is 0 Å². The van der Waals surface area contributed by atoms with Crippen molar-refractivity contribution in [3.8, 4) is 0 Å². The van der Waals surface area contributed by atoms with Crippen LogP contribution in [0.25, 0.3) is 0 Å². The molecule has 3 nitrogen and oxygen atoms in total. The van der Waals surface area contributed by atoms with Crippen molar-refractivity contribution in [3.05, 3.63) is 63.1 Å². The second-order valence-corrected chi connectivity index (χ2v) is 4.94. The zero-order valence-electron chi connectivity index (χ0n) is 9.48. The van der Waals surface area contributed by atoms with Gasteiger partial charge in [-0.2, -0.15) is 5.06 Å². The predicted molar refractivity (Wildman–Crippen MR) is 76.5 cm³/mol. The number of nitrogens with zero attached hydrogens (tertiary/aromatic N) is 1. The molecule has 0 aliphatic rings. The molecule has 0 bridgehead atoms. The number of hydrogen-bond acceptors (Lipinski definition) is 2. The molecular formula is C13H8Cl3NO2. The number of amides is 1. The molecule has 1 amide bonds. The maximum atomic E-state index is 12.1. The van der Waals surface area contributed by atoms with Crippen LogP contribution in [0.3, 0.4) is 0 Å². The predicted octanol–water partition coefficient (Wildman–Crippen LogP) is 4.68. The van der Waals surface area contributed by atoms with Gasteiger partial charge in [0.2, 0.25) is 0 Å². The fourth-order valence-corrected chi connectivity index (χ4v) is 2.22. The topological polar surface area (TPSA) is 40.5 Å². The third kappa shape index (κ3) is 3.01. The highest BCUT2D eigenvalue weighted by Crippen LogP contribution is 2.27. The highest BCUT2D eigenvalue weighted by molar-refractivity contribution is 6.37. The number of para-hydroxylation sites is 1. The van der Waals surface area contributed by atoms with E-state index in [4.69, 9.17) is 34.8 Å². The Kier molecular flexibility index (Phi) is 4.32. The average molecular weight is 317 g/mol. The maximum absolute atomic E-state index is 12.1.